The Bertz CT molecular complexity index is 1490. The quantitative estimate of drug-likeness (QED) is 0.0320. The Kier molecular flexibility index (Phi) is 79.8. The maximum atomic E-state index is 12.5. The summed E-state index contributed by atoms with van der Waals surface area (Å²) >= 11 is 0. The Labute approximate surface area is 576 Å². The van der Waals surface area contributed by atoms with Crippen molar-refractivity contribution < 1.29 is 24.5 Å². The highest BCUT2D eigenvalue weighted by Crippen LogP contribution is 2.20. The molecule has 0 rings (SSSR count). The van der Waals surface area contributed by atoms with Gasteiger partial charge >= 0.3 is 5.97 Å². The molecule has 0 aromatic rings. The molecule has 0 saturated carbocycles. The van der Waals surface area contributed by atoms with Crippen molar-refractivity contribution in [3.8, 4) is 0 Å². The zero-order chi connectivity index (χ0) is 66.3. The molecule has 6 nitrogen and oxygen atoms in total. The number of unbranched alkanes of at least 4 members (excludes halogenated alkanes) is 65. The number of esters is 1. The van der Waals surface area contributed by atoms with Crippen LogP contribution < -0.4 is 5.32 Å². The third kappa shape index (κ3) is 77.1. The number of rotatable bonds is 80. The Morgan fingerprint density at radius 1 is 0.304 bits per heavy atom. The van der Waals surface area contributed by atoms with Gasteiger partial charge in [-0.2, -0.15) is 0 Å². The van der Waals surface area contributed by atoms with Crippen molar-refractivity contribution in [2.75, 3.05) is 13.2 Å². The van der Waals surface area contributed by atoms with Crippen LogP contribution in [0.2, 0.25) is 0 Å². The second-order valence-electron chi connectivity index (χ2n) is 29.2. The van der Waals surface area contributed by atoms with Gasteiger partial charge in [-0.25, -0.2) is 0 Å². The Hall–Kier alpha value is -1.92. The van der Waals surface area contributed by atoms with Gasteiger partial charge < -0.3 is 20.3 Å². The van der Waals surface area contributed by atoms with Crippen LogP contribution in [-0.4, -0.2) is 47.4 Å². The van der Waals surface area contributed by atoms with Gasteiger partial charge in [0.05, 0.1) is 25.4 Å². The lowest BCUT2D eigenvalue weighted by atomic mass is 10.0. The molecule has 0 spiro atoms. The summed E-state index contributed by atoms with van der Waals surface area (Å²) in [5, 5.41) is 23.3. The maximum absolute atomic E-state index is 12.5. The van der Waals surface area contributed by atoms with Crippen molar-refractivity contribution in [2.45, 2.75) is 488 Å². The highest BCUT2D eigenvalue weighted by atomic mass is 16.5. The molecule has 0 heterocycles. The number of carbonyl (C=O) groups is 2. The van der Waals surface area contributed by atoms with E-state index in [1.165, 1.54) is 398 Å². The van der Waals surface area contributed by atoms with E-state index in [0.717, 1.165) is 51.4 Å². The summed E-state index contributed by atoms with van der Waals surface area (Å²) < 4.78 is 5.51. The molecule has 92 heavy (non-hydrogen) atoms. The van der Waals surface area contributed by atoms with E-state index in [1.807, 2.05) is 6.08 Å². The van der Waals surface area contributed by atoms with E-state index < -0.39 is 12.1 Å². The first-order valence-corrected chi connectivity index (χ1v) is 42.3. The van der Waals surface area contributed by atoms with E-state index >= 15 is 0 Å². The fraction of sp³-hybridized carbons (Fsp3) is 0.907. The van der Waals surface area contributed by atoms with Gasteiger partial charge in [0.1, 0.15) is 0 Å². The van der Waals surface area contributed by atoms with Crippen molar-refractivity contribution in [1.82, 2.24) is 5.32 Å². The molecule has 0 aliphatic carbocycles. The number of carbonyl (C=O) groups excluding carboxylic acids is 2. The fourth-order valence-electron chi connectivity index (χ4n) is 13.5. The largest absolute Gasteiger partial charge is 0.466 e. The van der Waals surface area contributed by atoms with Crippen molar-refractivity contribution in [2.24, 2.45) is 0 Å². The van der Waals surface area contributed by atoms with E-state index in [-0.39, 0.29) is 18.5 Å². The number of ether oxygens (including phenoxy) is 1. The van der Waals surface area contributed by atoms with Gasteiger partial charge in [-0.3, -0.25) is 9.59 Å². The molecule has 0 fully saturated rings. The highest BCUT2D eigenvalue weighted by molar-refractivity contribution is 5.76. The van der Waals surface area contributed by atoms with Crippen LogP contribution in [0.4, 0.5) is 0 Å². The average Bonchev–Trinajstić information content (AvgIpc) is 3.56. The summed E-state index contributed by atoms with van der Waals surface area (Å²) in [6.45, 7) is 4.93. The van der Waals surface area contributed by atoms with Crippen LogP contribution >= 0.6 is 0 Å². The van der Waals surface area contributed by atoms with Gasteiger partial charge in [-0.05, 0) is 64.2 Å². The number of amides is 1. The molecule has 0 aromatic heterocycles. The molecule has 0 radical (unpaired) electrons. The fourth-order valence-corrected chi connectivity index (χ4v) is 13.5. The van der Waals surface area contributed by atoms with Gasteiger partial charge in [-0.1, -0.05) is 436 Å². The summed E-state index contributed by atoms with van der Waals surface area (Å²) in [6.07, 6.45) is 107. The van der Waals surface area contributed by atoms with Crippen molar-refractivity contribution >= 4 is 11.9 Å². The molecule has 2 atom stereocenters. The first-order valence-electron chi connectivity index (χ1n) is 42.3. The number of hydrogen-bond acceptors (Lipinski definition) is 5. The predicted octanol–water partition coefficient (Wildman–Crippen LogP) is 28.2. The number of allylic oxidation sites excluding steroid dienone is 5. The normalized spacial score (nSPS) is 12.6. The van der Waals surface area contributed by atoms with Gasteiger partial charge in [0.25, 0.3) is 0 Å². The molecule has 0 aliphatic rings. The second kappa shape index (κ2) is 81.5. The minimum atomic E-state index is -0.841. The Morgan fingerprint density at radius 2 is 0.543 bits per heavy atom. The van der Waals surface area contributed by atoms with Crippen molar-refractivity contribution in [3.63, 3.8) is 0 Å². The smallest absolute Gasteiger partial charge is 0.305 e. The van der Waals surface area contributed by atoms with Crippen LogP contribution in [0, 0.1) is 0 Å². The minimum absolute atomic E-state index is 0.0168. The SMILES string of the molecule is CCCCC/C=C\C/C=C\CCCCCCCCCC(=O)OCCCCCCCCCCCCCCCCCCCCCCCCCCCCCCCCCCCCCCCCCC(=O)NC(CO)C(O)/C=C/CCCCCCCCCCCCCCCCCCC. The molecule has 0 saturated heterocycles. The van der Waals surface area contributed by atoms with Crippen LogP contribution in [0.5, 0.6) is 0 Å². The van der Waals surface area contributed by atoms with Crippen LogP contribution in [0.25, 0.3) is 0 Å². The van der Waals surface area contributed by atoms with Gasteiger partial charge in [-0.15, -0.1) is 0 Å². The standard InChI is InChI=1S/C86H165NO5/c1-3-5-7-9-11-13-15-17-19-21-43-47-50-54-58-62-66-70-74-78-84(89)83(82-88)87-85(90)79-75-71-67-63-59-55-51-48-44-41-39-37-35-33-31-29-27-25-23-22-24-26-28-30-32-34-36-38-40-42-45-49-53-57-61-65-69-73-77-81-92-86(91)80-76-72-68-64-60-56-52-46-20-18-16-14-12-10-8-6-4-2/h12,14,18,20,74,78,83-84,88-89H,3-11,13,15-17,19,21-73,75-77,79-82H2,1-2H3,(H,87,90)/b14-12-,20-18-,78-74+. The van der Waals surface area contributed by atoms with E-state index in [1.54, 1.807) is 6.08 Å². The van der Waals surface area contributed by atoms with Crippen LogP contribution in [0.15, 0.2) is 36.5 Å². The minimum Gasteiger partial charge on any atom is -0.466 e. The third-order valence-electron chi connectivity index (χ3n) is 19.9. The first-order chi connectivity index (χ1) is 45.5. The van der Waals surface area contributed by atoms with E-state index in [9.17, 15) is 19.8 Å². The summed E-state index contributed by atoms with van der Waals surface area (Å²) in [5.41, 5.74) is 0. The van der Waals surface area contributed by atoms with Gasteiger partial charge in [0.15, 0.2) is 0 Å². The van der Waals surface area contributed by atoms with Crippen molar-refractivity contribution in [1.29, 1.82) is 0 Å². The zero-order valence-electron chi connectivity index (χ0n) is 62.6. The lowest BCUT2D eigenvalue weighted by molar-refractivity contribution is -0.143. The molecule has 0 aromatic carbocycles. The molecule has 6 heteroatoms. The molecule has 0 aliphatic heterocycles. The number of aliphatic hydroxyl groups is 2. The first kappa shape index (κ1) is 90.1. The lowest BCUT2D eigenvalue weighted by Crippen LogP contribution is -2.45. The topological polar surface area (TPSA) is 95.9 Å². The number of aliphatic hydroxyl groups excluding tert-OH is 2. The maximum Gasteiger partial charge on any atom is 0.305 e. The highest BCUT2D eigenvalue weighted by Gasteiger charge is 2.18. The molecular formula is C86H165NO5. The zero-order valence-corrected chi connectivity index (χ0v) is 62.6. The van der Waals surface area contributed by atoms with Gasteiger partial charge in [0.2, 0.25) is 5.91 Å². The van der Waals surface area contributed by atoms with Crippen LogP contribution in [0.1, 0.15) is 476 Å². The molecule has 2 unspecified atom stereocenters. The lowest BCUT2D eigenvalue weighted by Gasteiger charge is -2.20. The number of nitrogens with one attached hydrogen (secondary N) is 1. The van der Waals surface area contributed by atoms with E-state index in [0.29, 0.717) is 19.4 Å². The Morgan fingerprint density at radius 3 is 0.848 bits per heavy atom. The molecular weight excluding hydrogens is 1130 g/mol. The van der Waals surface area contributed by atoms with Crippen molar-refractivity contribution in [3.05, 3.63) is 36.5 Å². The average molecular weight is 1290 g/mol. The van der Waals surface area contributed by atoms with Crippen LogP contribution in [0.3, 0.4) is 0 Å². The Balaban J connectivity index is 3.31. The monoisotopic (exact) mass is 1290 g/mol. The summed E-state index contributed by atoms with van der Waals surface area (Å²) in [5.74, 6) is -0.0406. The second-order valence-corrected chi connectivity index (χ2v) is 29.2. The summed E-state index contributed by atoms with van der Waals surface area (Å²) in [6, 6.07) is -0.624. The molecule has 0 bridgehead atoms. The summed E-state index contributed by atoms with van der Waals surface area (Å²) in [4.78, 5) is 24.7. The molecule has 3 N–H and O–H groups in total. The summed E-state index contributed by atoms with van der Waals surface area (Å²) in [7, 11) is 0. The molecule has 1 amide bonds. The number of hydrogen-bond donors (Lipinski definition) is 3. The van der Waals surface area contributed by atoms with Crippen LogP contribution in [-0.2, 0) is 14.3 Å². The van der Waals surface area contributed by atoms with E-state index in [2.05, 4.69) is 43.5 Å². The molecule has 544 valence electrons. The van der Waals surface area contributed by atoms with Gasteiger partial charge in [0, 0.05) is 12.8 Å². The third-order valence-corrected chi connectivity index (χ3v) is 19.9. The predicted molar refractivity (Wildman–Crippen MR) is 407 cm³/mol. The van der Waals surface area contributed by atoms with E-state index in [4.69, 9.17) is 4.74 Å².